The van der Waals surface area contributed by atoms with Crippen molar-refractivity contribution in [3.8, 4) is 0 Å². The van der Waals surface area contributed by atoms with E-state index >= 15 is 0 Å². The minimum Gasteiger partial charge on any atom is -0.481 e. The van der Waals surface area contributed by atoms with Crippen molar-refractivity contribution in [2.45, 2.75) is 47.7 Å². The summed E-state index contributed by atoms with van der Waals surface area (Å²) in [6.45, 7) is 0. The van der Waals surface area contributed by atoms with E-state index < -0.39 is 10.3 Å². The second-order valence-electron chi connectivity index (χ2n) is 3.94. The van der Waals surface area contributed by atoms with Gasteiger partial charge in [0.1, 0.15) is 0 Å². The maximum Gasteiger partial charge on any atom is 0.303 e. The van der Waals surface area contributed by atoms with Gasteiger partial charge in [0.05, 0.1) is 9.15 Å². The van der Waals surface area contributed by atoms with Crippen molar-refractivity contribution in [3.05, 3.63) is 0 Å². The quantitative estimate of drug-likeness (QED) is 0.634. The van der Waals surface area contributed by atoms with Crippen LogP contribution < -0.4 is 0 Å². The van der Waals surface area contributed by atoms with Crippen LogP contribution in [0.1, 0.15) is 38.5 Å². The van der Waals surface area contributed by atoms with Gasteiger partial charge in [-0.05, 0) is 19.3 Å². The summed E-state index contributed by atoms with van der Waals surface area (Å²) in [6.07, 6.45) is 3.99. The first-order valence-corrected chi connectivity index (χ1v) is 6.76. The number of rotatable bonds is 3. The Hall–Kier alpha value is 0.1000. The van der Waals surface area contributed by atoms with E-state index in [1.165, 1.54) is 0 Å². The summed E-state index contributed by atoms with van der Waals surface area (Å²) in [5.41, 5.74) is 0. The molecule has 3 nitrogen and oxygen atoms in total. The molecule has 0 heterocycles. The summed E-state index contributed by atoms with van der Waals surface area (Å²) < 4.78 is -0.629. The third-order valence-corrected chi connectivity index (χ3v) is 4.80. The summed E-state index contributed by atoms with van der Waals surface area (Å²) in [6, 6.07) is 0. The number of hydrogen-bond acceptors (Lipinski definition) is 2. The van der Waals surface area contributed by atoms with Crippen molar-refractivity contribution in [3.63, 3.8) is 0 Å². The molecule has 0 aromatic rings. The summed E-state index contributed by atoms with van der Waals surface area (Å²) >= 11 is 6.80. The Balaban J connectivity index is 2.69. The zero-order valence-corrected chi connectivity index (χ0v) is 11.5. The minimum absolute atomic E-state index is 0.0384. The molecule has 1 saturated carbocycles. The molecule has 1 aliphatic carbocycles. The van der Waals surface area contributed by atoms with Crippen molar-refractivity contribution in [1.29, 1.82) is 0 Å². The van der Waals surface area contributed by atoms with Gasteiger partial charge in [0.25, 0.3) is 0 Å². The van der Waals surface area contributed by atoms with Gasteiger partial charge in [0, 0.05) is 6.42 Å². The summed E-state index contributed by atoms with van der Waals surface area (Å²) in [5.74, 6) is -0.752. The van der Waals surface area contributed by atoms with Gasteiger partial charge in [-0.3, -0.25) is 9.59 Å². The monoisotopic (exact) mass is 340 g/mol. The zero-order valence-electron chi connectivity index (χ0n) is 8.34. The van der Waals surface area contributed by atoms with E-state index in [1.54, 1.807) is 0 Å². The summed E-state index contributed by atoms with van der Waals surface area (Å²) in [5, 5.41) is 8.64. The highest BCUT2D eigenvalue weighted by molar-refractivity contribution is 9.11. The Labute approximate surface area is 106 Å². The smallest absolute Gasteiger partial charge is 0.303 e. The molecule has 0 unspecified atom stereocenters. The molecule has 86 valence electrons. The highest BCUT2D eigenvalue weighted by Crippen LogP contribution is 2.38. The highest BCUT2D eigenvalue weighted by atomic mass is 79.9. The molecule has 1 aliphatic rings. The maximum absolute atomic E-state index is 12.0. The molecule has 0 radical (unpaired) electrons. The Morgan fingerprint density at radius 2 is 2.20 bits per heavy atom. The fraction of sp³-hybridized carbons (Fsp3) is 0.800. The number of aliphatic carboxylic acids is 1. The second-order valence-corrected chi connectivity index (χ2v) is 6.56. The van der Waals surface area contributed by atoms with Gasteiger partial charge >= 0.3 is 5.97 Å². The number of carboxylic acid groups (broad SMARTS) is 1. The third kappa shape index (κ3) is 3.55. The van der Waals surface area contributed by atoms with Crippen LogP contribution in [0.2, 0.25) is 0 Å². The van der Waals surface area contributed by atoms with Gasteiger partial charge in [0.2, 0.25) is 0 Å². The first kappa shape index (κ1) is 13.2. The largest absolute Gasteiger partial charge is 0.481 e. The average Bonchev–Trinajstić information content (AvgIpc) is 2.30. The molecule has 0 spiro atoms. The number of carbonyl (C=O) groups is 2. The van der Waals surface area contributed by atoms with Crippen LogP contribution >= 0.6 is 31.9 Å². The Morgan fingerprint density at radius 1 is 1.53 bits per heavy atom. The predicted octanol–water partition coefficient (Wildman–Crippen LogP) is 2.89. The molecule has 0 saturated heterocycles. The van der Waals surface area contributed by atoms with Crippen molar-refractivity contribution in [1.82, 2.24) is 0 Å². The van der Waals surface area contributed by atoms with Gasteiger partial charge in [0.15, 0.2) is 5.78 Å². The molecule has 0 aromatic heterocycles. The van der Waals surface area contributed by atoms with E-state index in [2.05, 4.69) is 31.9 Å². The van der Waals surface area contributed by atoms with E-state index in [-0.39, 0.29) is 17.0 Å². The van der Waals surface area contributed by atoms with Crippen molar-refractivity contribution in [2.75, 3.05) is 0 Å². The van der Waals surface area contributed by atoms with Gasteiger partial charge in [-0.15, -0.1) is 0 Å². The number of carboxylic acids is 1. The average molecular weight is 342 g/mol. The lowest BCUT2D eigenvalue weighted by Gasteiger charge is -2.25. The van der Waals surface area contributed by atoms with Crippen molar-refractivity contribution in [2.24, 2.45) is 0 Å². The van der Waals surface area contributed by atoms with E-state index in [1.807, 2.05) is 0 Å². The first-order chi connectivity index (χ1) is 6.96. The molecule has 0 aliphatic heterocycles. The fourth-order valence-electron chi connectivity index (χ4n) is 1.82. The van der Waals surface area contributed by atoms with E-state index in [9.17, 15) is 9.59 Å². The van der Waals surface area contributed by atoms with E-state index in [4.69, 9.17) is 5.11 Å². The van der Waals surface area contributed by atoms with Gasteiger partial charge < -0.3 is 5.11 Å². The van der Waals surface area contributed by atoms with Crippen LogP contribution in [0.3, 0.4) is 0 Å². The molecule has 2 atom stereocenters. The van der Waals surface area contributed by atoms with Gasteiger partial charge in [-0.1, -0.05) is 44.7 Å². The molecule has 0 bridgehead atoms. The van der Waals surface area contributed by atoms with E-state index in [0.29, 0.717) is 6.42 Å². The summed E-state index contributed by atoms with van der Waals surface area (Å²) in [4.78, 5) is 22.4. The number of alkyl halides is 2. The number of carbonyl (C=O) groups excluding carboxylic acids is 1. The molecular weight excluding hydrogens is 328 g/mol. The first-order valence-electron chi connectivity index (χ1n) is 5.05. The molecule has 1 fully saturated rings. The van der Waals surface area contributed by atoms with Gasteiger partial charge in [-0.2, -0.15) is 0 Å². The molecule has 1 rings (SSSR count). The predicted molar refractivity (Wildman–Crippen MR) is 64.7 cm³/mol. The molecule has 0 amide bonds. The van der Waals surface area contributed by atoms with Crippen LogP contribution in [0.15, 0.2) is 0 Å². The topological polar surface area (TPSA) is 54.4 Å². The fourth-order valence-corrected chi connectivity index (χ4v) is 3.64. The standard InChI is InChI=1S/C10H14Br2O3/c11-7-3-1-2-5-10(12,9(7)15)6-4-8(13)14/h7H,1-6H2,(H,13,14)/t7-,10+/m0/s1. The molecule has 15 heavy (non-hydrogen) atoms. The van der Waals surface area contributed by atoms with Crippen LogP contribution in [0.25, 0.3) is 0 Å². The lowest BCUT2D eigenvalue weighted by Crippen LogP contribution is -2.36. The Bertz CT molecular complexity index is 267. The second kappa shape index (κ2) is 5.43. The van der Waals surface area contributed by atoms with Gasteiger partial charge in [-0.25, -0.2) is 0 Å². The van der Waals surface area contributed by atoms with Crippen LogP contribution in [0.5, 0.6) is 0 Å². The minimum atomic E-state index is -0.850. The van der Waals surface area contributed by atoms with E-state index in [0.717, 1.165) is 25.7 Å². The van der Waals surface area contributed by atoms with Crippen LogP contribution in [0.4, 0.5) is 0 Å². The molecule has 5 heteroatoms. The normalized spacial score (nSPS) is 32.4. The Morgan fingerprint density at radius 3 is 2.80 bits per heavy atom. The van der Waals surface area contributed by atoms with Crippen LogP contribution in [-0.4, -0.2) is 26.0 Å². The lowest BCUT2D eigenvalue weighted by molar-refractivity contribution is -0.137. The number of ketones is 1. The lowest BCUT2D eigenvalue weighted by atomic mass is 9.93. The number of hydrogen-bond donors (Lipinski definition) is 1. The SMILES string of the molecule is O=C(O)CC[C@]1(Br)CCCC[C@H](Br)C1=O. The maximum atomic E-state index is 12.0. The summed E-state index contributed by atoms with van der Waals surface area (Å²) in [7, 11) is 0. The molecule has 1 N–H and O–H groups in total. The number of halogens is 2. The van der Waals surface area contributed by atoms with Crippen LogP contribution in [-0.2, 0) is 9.59 Å². The third-order valence-electron chi connectivity index (χ3n) is 2.74. The molecule has 0 aromatic carbocycles. The highest BCUT2D eigenvalue weighted by Gasteiger charge is 2.40. The Kier molecular flexibility index (Phi) is 4.77. The van der Waals surface area contributed by atoms with Crippen molar-refractivity contribution < 1.29 is 14.7 Å². The van der Waals surface area contributed by atoms with Crippen LogP contribution in [0, 0.1) is 0 Å². The number of Topliss-reactive ketones (excluding diaryl/α,β-unsaturated/α-hetero) is 1. The zero-order chi connectivity index (χ0) is 11.5. The molecular formula is C10H14Br2O3. The van der Waals surface area contributed by atoms with Crippen molar-refractivity contribution >= 4 is 43.6 Å².